The molecule has 1 N–H and O–H groups in total. The molecule has 5 nitrogen and oxygen atoms in total. The third kappa shape index (κ3) is 5.33. The Morgan fingerprint density at radius 1 is 0.828 bits per heavy atom. The van der Waals surface area contributed by atoms with Gasteiger partial charge < -0.3 is 10.2 Å². The Hall–Kier alpha value is -2.92. The van der Waals surface area contributed by atoms with E-state index in [-0.39, 0.29) is 0 Å². The van der Waals surface area contributed by atoms with E-state index in [1.807, 2.05) is 6.92 Å². The fourth-order valence-electron chi connectivity index (χ4n) is 3.80. The molecular formula is C24H29N5. The van der Waals surface area contributed by atoms with Crippen molar-refractivity contribution in [3.8, 4) is 0 Å². The van der Waals surface area contributed by atoms with Gasteiger partial charge in [-0.2, -0.15) is 0 Å². The summed E-state index contributed by atoms with van der Waals surface area (Å²) in [4.78, 5) is 14.1. The van der Waals surface area contributed by atoms with E-state index in [1.54, 1.807) is 0 Å². The Morgan fingerprint density at radius 3 is 2.34 bits per heavy atom. The van der Waals surface area contributed by atoms with Crippen LogP contribution >= 0.6 is 0 Å². The molecule has 1 aliphatic heterocycles. The summed E-state index contributed by atoms with van der Waals surface area (Å²) in [5.74, 6) is 2.71. The number of nitrogens with one attached hydrogen (secondary N) is 1. The molecule has 1 saturated heterocycles. The van der Waals surface area contributed by atoms with Crippen molar-refractivity contribution >= 4 is 11.6 Å². The van der Waals surface area contributed by atoms with E-state index in [1.165, 1.54) is 16.7 Å². The molecule has 150 valence electrons. The van der Waals surface area contributed by atoms with Crippen LogP contribution in [0, 0.1) is 13.8 Å². The van der Waals surface area contributed by atoms with Gasteiger partial charge in [-0.05, 0) is 25.0 Å². The molecule has 2 heterocycles. The fourth-order valence-corrected chi connectivity index (χ4v) is 3.80. The van der Waals surface area contributed by atoms with Crippen LogP contribution in [0.5, 0.6) is 0 Å². The van der Waals surface area contributed by atoms with Crippen LogP contribution in [-0.4, -0.2) is 41.0 Å². The number of hydrogen-bond donors (Lipinski definition) is 1. The van der Waals surface area contributed by atoms with E-state index in [0.29, 0.717) is 0 Å². The minimum Gasteiger partial charge on any atom is -0.366 e. The highest BCUT2D eigenvalue weighted by Gasteiger charge is 2.19. The van der Waals surface area contributed by atoms with Crippen LogP contribution < -0.4 is 10.2 Å². The van der Waals surface area contributed by atoms with Gasteiger partial charge in [0.05, 0.1) is 0 Å². The molecule has 29 heavy (non-hydrogen) atoms. The van der Waals surface area contributed by atoms with Gasteiger partial charge >= 0.3 is 0 Å². The third-order valence-corrected chi connectivity index (χ3v) is 5.33. The quantitative estimate of drug-likeness (QED) is 0.692. The van der Waals surface area contributed by atoms with Crippen molar-refractivity contribution in [2.24, 2.45) is 0 Å². The van der Waals surface area contributed by atoms with Gasteiger partial charge in [0, 0.05) is 45.3 Å². The lowest BCUT2D eigenvalue weighted by Crippen LogP contribution is -2.46. The van der Waals surface area contributed by atoms with Gasteiger partial charge in [-0.25, -0.2) is 9.97 Å². The number of benzene rings is 2. The summed E-state index contributed by atoms with van der Waals surface area (Å²) in [6.07, 6.45) is 0. The first-order valence-electron chi connectivity index (χ1n) is 10.3. The second-order valence-corrected chi connectivity index (χ2v) is 7.75. The van der Waals surface area contributed by atoms with E-state index < -0.39 is 0 Å². The topological polar surface area (TPSA) is 44.3 Å². The lowest BCUT2D eigenvalue weighted by molar-refractivity contribution is 0.249. The van der Waals surface area contributed by atoms with E-state index in [9.17, 15) is 0 Å². The Kier molecular flexibility index (Phi) is 6.06. The summed E-state index contributed by atoms with van der Waals surface area (Å²) in [7, 11) is 0. The van der Waals surface area contributed by atoms with Crippen molar-refractivity contribution in [2.45, 2.75) is 26.9 Å². The lowest BCUT2D eigenvalue weighted by Gasteiger charge is -2.35. The van der Waals surface area contributed by atoms with Crippen molar-refractivity contribution in [1.82, 2.24) is 14.9 Å². The van der Waals surface area contributed by atoms with Crippen LogP contribution in [0.15, 0.2) is 60.7 Å². The van der Waals surface area contributed by atoms with Gasteiger partial charge in [0.25, 0.3) is 0 Å². The molecule has 0 amide bonds. The Bertz CT molecular complexity index is 933. The average Bonchev–Trinajstić information content (AvgIpc) is 2.73. The van der Waals surface area contributed by atoms with Crippen LogP contribution in [0.25, 0.3) is 0 Å². The number of nitrogens with zero attached hydrogens (tertiary/aromatic N) is 4. The third-order valence-electron chi connectivity index (χ3n) is 5.33. The van der Waals surface area contributed by atoms with E-state index in [4.69, 9.17) is 4.98 Å². The van der Waals surface area contributed by atoms with Crippen LogP contribution in [-0.2, 0) is 13.1 Å². The van der Waals surface area contributed by atoms with E-state index in [0.717, 1.165) is 56.7 Å². The largest absolute Gasteiger partial charge is 0.366 e. The van der Waals surface area contributed by atoms with Gasteiger partial charge in [0.1, 0.15) is 17.5 Å². The van der Waals surface area contributed by atoms with Gasteiger partial charge in [-0.1, -0.05) is 60.2 Å². The maximum atomic E-state index is 4.69. The van der Waals surface area contributed by atoms with Crippen molar-refractivity contribution in [3.63, 3.8) is 0 Å². The van der Waals surface area contributed by atoms with Gasteiger partial charge in [-0.15, -0.1) is 0 Å². The maximum Gasteiger partial charge on any atom is 0.134 e. The zero-order valence-electron chi connectivity index (χ0n) is 17.3. The van der Waals surface area contributed by atoms with Gasteiger partial charge in [0.15, 0.2) is 0 Å². The predicted octanol–water partition coefficient (Wildman–Crippen LogP) is 4.03. The molecule has 0 aliphatic carbocycles. The zero-order chi connectivity index (χ0) is 20.1. The van der Waals surface area contributed by atoms with Crippen molar-refractivity contribution < 1.29 is 0 Å². The minimum absolute atomic E-state index is 0.766. The van der Waals surface area contributed by atoms with Crippen molar-refractivity contribution in [1.29, 1.82) is 0 Å². The van der Waals surface area contributed by atoms with Crippen LogP contribution in [0.3, 0.4) is 0 Å². The van der Waals surface area contributed by atoms with Crippen molar-refractivity contribution in [3.05, 3.63) is 83.2 Å². The molecule has 0 bridgehead atoms. The molecule has 5 heteroatoms. The molecule has 2 aromatic carbocycles. The average molecular weight is 388 g/mol. The molecule has 0 spiro atoms. The Balaban J connectivity index is 1.36. The highest BCUT2D eigenvalue weighted by molar-refractivity contribution is 5.50. The number of hydrogen-bond acceptors (Lipinski definition) is 5. The summed E-state index contributed by atoms with van der Waals surface area (Å²) in [6, 6.07) is 21.3. The summed E-state index contributed by atoms with van der Waals surface area (Å²) >= 11 is 0. The Labute approximate surface area is 173 Å². The van der Waals surface area contributed by atoms with Crippen LogP contribution in [0.2, 0.25) is 0 Å². The summed E-state index contributed by atoms with van der Waals surface area (Å²) in [6.45, 7) is 9.93. The summed E-state index contributed by atoms with van der Waals surface area (Å²) in [5, 5.41) is 3.46. The monoisotopic (exact) mass is 387 g/mol. The van der Waals surface area contributed by atoms with Gasteiger partial charge in [0.2, 0.25) is 0 Å². The fraction of sp³-hybridized carbons (Fsp3) is 0.333. The lowest BCUT2D eigenvalue weighted by atomic mass is 10.1. The normalized spacial score (nSPS) is 14.8. The minimum atomic E-state index is 0.766. The summed E-state index contributed by atoms with van der Waals surface area (Å²) < 4.78 is 0. The molecule has 4 rings (SSSR count). The highest BCUT2D eigenvalue weighted by atomic mass is 15.3. The number of piperazine rings is 1. The molecule has 0 radical (unpaired) electrons. The summed E-state index contributed by atoms with van der Waals surface area (Å²) in [5.41, 5.74) is 3.91. The molecule has 1 aliphatic rings. The number of anilines is 2. The van der Waals surface area contributed by atoms with E-state index >= 15 is 0 Å². The smallest absolute Gasteiger partial charge is 0.134 e. The maximum absolute atomic E-state index is 4.69. The van der Waals surface area contributed by atoms with Crippen molar-refractivity contribution in [2.75, 3.05) is 36.4 Å². The number of aromatic nitrogens is 2. The highest BCUT2D eigenvalue weighted by Crippen LogP contribution is 2.19. The predicted molar refractivity (Wildman–Crippen MR) is 119 cm³/mol. The standard InChI is InChI=1S/C24H29N5/c1-19-7-6-10-22(15-19)17-25-23-16-24(27-20(2)26-23)29-13-11-28(12-14-29)18-21-8-4-3-5-9-21/h3-10,15-16H,11-14,17-18H2,1-2H3,(H,25,26,27). The zero-order valence-corrected chi connectivity index (χ0v) is 17.3. The molecular weight excluding hydrogens is 358 g/mol. The first kappa shape index (κ1) is 19.4. The molecule has 3 aromatic rings. The van der Waals surface area contributed by atoms with Crippen LogP contribution in [0.4, 0.5) is 11.6 Å². The first-order chi connectivity index (χ1) is 14.2. The molecule has 0 unspecified atom stereocenters. The van der Waals surface area contributed by atoms with Crippen LogP contribution in [0.1, 0.15) is 22.5 Å². The molecule has 0 saturated carbocycles. The van der Waals surface area contributed by atoms with E-state index in [2.05, 4.69) is 87.7 Å². The second kappa shape index (κ2) is 9.05. The number of rotatable bonds is 6. The molecule has 1 aromatic heterocycles. The Morgan fingerprint density at radius 2 is 1.59 bits per heavy atom. The number of aryl methyl sites for hydroxylation is 2. The second-order valence-electron chi connectivity index (χ2n) is 7.75. The molecule has 0 atom stereocenters. The van der Waals surface area contributed by atoms with Gasteiger partial charge in [-0.3, -0.25) is 4.90 Å². The molecule has 1 fully saturated rings. The first-order valence-corrected chi connectivity index (χ1v) is 10.3. The SMILES string of the molecule is Cc1cccc(CNc2cc(N3CCN(Cc4ccccc4)CC3)nc(C)n2)c1.